The third-order valence-electron chi connectivity index (χ3n) is 3.27. The summed E-state index contributed by atoms with van der Waals surface area (Å²) in [5.41, 5.74) is 2.73. The van der Waals surface area contributed by atoms with Gasteiger partial charge in [0.05, 0.1) is 6.04 Å². The van der Waals surface area contributed by atoms with E-state index < -0.39 is 0 Å². The van der Waals surface area contributed by atoms with Crippen LogP contribution in [0.25, 0.3) is 0 Å². The summed E-state index contributed by atoms with van der Waals surface area (Å²) < 4.78 is 0. The lowest BCUT2D eigenvalue weighted by atomic mass is 10.0. The fourth-order valence-electron chi connectivity index (χ4n) is 1.89. The molecule has 0 aromatic heterocycles. The number of hydrogen-bond acceptors (Lipinski definition) is 2. The molecule has 2 unspecified atom stereocenters. The molecule has 1 aliphatic carbocycles. The summed E-state index contributed by atoms with van der Waals surface area (Å²) in [6.45, 7) is 6.74. The lowest BCUT2D eigenvalue weighted by Gasteiger charge is -2.19. The van der Waals surface area contributed by atoms with Crippen LogP contribution in [0.5, 0.6) is 0 Å². The van der Waals surface area contributed by atoms with Crippen molar-refractivity contribution in [3.05, 3.63) is 0 Å². The molecule has 80 valence electrons. The molecule has 4 heteroatoms. The van der Waals surface area contributed by atoms with Crippen molar-refractivity contribution in [3.63, 3.8) is 0 Å². The summed E-state index contributed by atoms with van der Waals surface area (Å²) in [6.07, 6.45) is 2.45. The van der Waals surface area contributed by atoms with E-state index >= 15 is 0 Å². The Kier molecular flexibility index (Phi) is 2.63. The van der Waals surface area contributed by atoms with Gasteiger partial charge in [0.1, 0.15) is 0 Å². The van der Waals surface area contributed by atoms with E-state index in [4.69, 9.17) is 5.84 Å². The summed E-state index contributed by atoms with van der Waals surface area (Å²) in [5, 5.41) is 0. The molecule has 0 spiro atoms. The molecular weight excluding hydrogens is 176 g/mol. The second-order valence-corrected chi connectivity index (χ2v) is 4.69. The predicted octanol–water partition coefficient (Wildman–Crippen LogP) is 0.556. The normalized spacial score (nSPS) is 33.6. The van der Waals surface area contributed by atoms with Gasteiger partial charge < -0.3 is 4.90 Å². The van der Waals surface area contributed by atoms with Gasteiger partial charge in [-0.2, -0.15) is 0 Å². The van der Waals surface area contributed by atoms with Gasteiger partial charge in [-0.1, -0.05) is 13.8 Å². The van der Waals surface area contributed by atoms with Crippen LogP contribution in [0, 0.1) is 11.8 Å². The summed E-state index contributed by atoms with van der Waals surface area (Å²) in [6, 6.07) is 0.535. The fraction of sp³-hybridized carbons (Fsp3) is 0.900. The molecule has 2 aliphatic rings. The summed E-state index contributed by atoms with van der Waals surface area (Å²) in [5.74, 6) is 7.88. The molecule has 0 amide bonds. The molecule has 1 heterocycles. The van der Waals surface area contributed by atoms with Gasteiger partial charge >= 0.3 is 0 Å². The average Bonchev–Trinajstić information content (AvgIpc) is 2.91. The predicted molar refractivity (Wildman–Crippen MR) is 57.7 cm³/mol. The van der Waals surface area contributed by atoms with Crippen molar-refractivity contribution in [2.75, 3.05) is 13.1 Å². The summed E-state index contributed by atoms with van der Waals surface area (Å²) in [4.78, 5) is 6.84. The van der Waals surface area contributed by atoms with Gasteiger partial charge in [-0.15, -0.1) is 0 Å². The van der Waals surface area contributed by atoms with Gasteiger partial charge in [0.15, 0.2) is 0 Å². The Morgan fingerprint density at radius 1 is 1.29 bits per heavy atom. The third kappa shape index (κ3) is 2.00. The Morgan fingerprint density at radius 3 is 2.29 bits per heavy atom. The molecule has 0 radical (unpaired) electrons. The van der Waals surface area contributed by atoms with E-state index in [0.717, 1.165) is 30.9 Å². The minimum absolute atomic E-state index is 0.535. The van der Waals surface area contributed by atoms with Gasteiger partial charge in [0.2, 0.25) is 5.96 Å². The van der Waals surface area contributed by atoms with E-state index in [1.165, 1.54) is 12.8 Å². The second-order valence-electron chi connectivity index (χ2n) is 4.69. The van der Waals surface area contributed by atoms with E-state index in [1.54, 1.807) is 0 Å². The molecule has 14 heavy (non-hydrogen) atoms. The monoisotopic (exact) mass is 196 g/mol. The molecule has 0 aromatic carbocycles. The van der Waals surface area contributed by atoms with Crippen LogP contribution in [0.4, 0.5) is 0 Å². The highest BCUT2D eigenvalue weighted by Gasteiger charge is 2.29. The molecule has 1 saturated heterocycles. The molecule has 2 atom stereocenters. The highest BCUT2D eigenvalue weighted by Crippen LogP contribution is 2.26. The highest BCUT2D eigenvalue weighted by atomic mass is 15.4. The van der Waals surface area contributed by atoms with E-state index in [9.17, 15) is 0 Å². The second kappa shape index (κ2) is 3.77. The van der Waals surface area contributed by atoms with Gasteiger partial charge in [-0.05, 0) is 24.7 Å². The number of hydrazine groups is 1. The zero-order valence-corrected chi connectivity index (χ0v) is 9.03. The number of guanidine groups is 1. The maximum atomic E-state index is 5.50. The van der Waals surface area contributed by atoms with Crippen molar-refractivity contribution < 1.29 is 0 Å². The van der Waals surface area contributed by atoms with Crippen molar-refractivity contribution in [1.29, 1.82) is 0 Å². The van der Waals surface area contributed by atoms with Crippen LogP contribution in [0.2, 0.25) is 0 Å². The fourth-order valence-corrected chi connectivity index (χ4v) is 1.89. The van der Waals surface area contributed by atoms with Crippen molar-refractivity contribution in [2.45, 2.75) is 32.7 Å². The van der Waals surface area contributed by atoms with Crippen LogP contribution in [-0.4, -0.2) is 30.0 Å². The van der Waals surface area contributed by atoms with E-state index in [0.29, 0.717) is 6.04 Å². The van der Waals surface area contributed by atoms with E-state index in [1.807, 2.05) is 0 Å². The van der Waals surface area contributed by atoms with E-state index in [2.05, 4.69) is 29.2 Å². The van der Waals surface area contributed by atoms with Crippen LogP contribution in [0.15, 0.2) is 4.99 Å². The van der Waals surface area contributed by atoms with Crippen LogP contribution < -0.4 is 11.3 Å². The number of hydrogen-bond donors (Lipinski definition) is 2. The molecule has 3 N–H and O–H groups in total. The maximum Gasteiger partial charge on any atom is 0.208 e. The smallest absolute Gasteiger partial charge is 0.208 e. The molecule has 0 aromatic rings. The lowest BCUT2D eigenvalue weighted by molar-refractivity contribution is 0.471. The summed E-state index contributed by atoms with van der Waals surface area (Å²) >= 11 is 0. The topological polar surface area (TPSA) is 53.6 Å². The van der Waals surface area contributed by atoms with Crippen LogP contribution in [0.3, 0.4) is 0 Å². The molecule has 1 saturated carbocycles. The van der Waals surface area contributed by atoms with Gasteiger partial charge in [0, 0.05) is 13.1 Å². The Labute approximate surface area is 85.5 Å². The first kappa shape index (κ1) is 9.77. The summed E-state index contributed by atoms with van der Waals surface area (Å²) in [7, 11) is 0. The minimum Gasteiger partial charge on any atom is -0.341 e. The van der Waals surface area contributed by atoms with Crippen LogP contribution >= 0.6 is 0 Å². The molecular formula is C10H20N4. The first-order chi connectivity index (χ1) is 6.70. The Morgan fingerprint density at radius 2 is 1.86 bits per heavy atom. The quantitative estimate of drug-likeness (QED) is 0.279. The van der Waals surface area contributed by atoms with Crippen molar-refractivity contribution in [1.82, 2.24) is 10.3 Å². The Bertz CT molecular complexity index is 224. The number of nitrogens with two attached hydrogens (primary N) is 1. The largest absolute Gasteiger partial charge is 0.341 e. The van der Waals surface area contributed by atoms with E-state index in [-0.39, 0.29) is 0 Å². The number of nitrogens with zero attached hydrogens (tertiary/aromatic N) is 2. The molecule has 1 aliphatic heterocycles. The zero-order chi connectivity index (χ0) is 10.1. The van der Waals surface area contributed by atoms with Gasteiger partial charge in [0.25, 0.3) is 0 Å². The first-order valence-electron chi connectivity index (χ1n) is 5.50. The van der Waals surface area contributed by atoms with Crippen molar-refractivity contribution >= 4 is 5.96 Å². The number of likely N-dealkylation sites (tertiary alicyclic amines) is 1. The van der Waals surface area contributed by atoms with Crippen LogP contribution in [0.1, 0.15) is 26.7 Å². The van der Waals surface area contributed by atoms with Crippen LogP contribution in [-0.2, 0) is 0 Å². The van der Waals surface area contributed by atoms with Gasteiger partial charge in [-0.25, -0.2) is 10.8 Å². The van der Waals surface area contributed by atoms with Crippen molar-refractivity contribution in [3.8, 4) is 0 Å². The SMILES string of the molecule is CC1CN(C(=NC2CC2)NN)CC1C. The number of aliphatic imine (C=N–C) groups is 1. The van der Waals surface area contributed by atoms with Crippen molar-refractivity contribution in [2.24, 2.45) is 22.7 Å². The number of nitrogens with one attached hydrogen (secondary N) is 1. The van der Waals surface area contributed by atoms with Gasteiger partial charge in [-0.3, -0.25) is 5.43 Å². The maximum absolute atomic E-state index is 5.50. The number of rotatable bonds is 1. The highest BCUT2D eigenvalue weighted by molar-refractivity contribution is 5.80. The lowest BCUT2D eigenvalue weighted by Crippen LogP contribution is -2.44. The average molecular weight is 196 g/mol. The molecule has 2 rings (SSSR count). The molecule has 4 nitrogen and oxygen atoms in total. The molecule has 2 fully saturated rings. The minimum atomic E-state index is 0.535. The standard InChI is InChI=1S/C10H20N4/c1-7-5-14(6-8(7)2)10(13-11)12-9-3-4-9/h7-9H,3-6,11H2,1-2H3,(H,12,13). The molecule has 0 bridgehead atoms. The first-order valence-corrected chi connectivity index (χ1v) is 5.50. The zero-order valence-electron chi connectivity index (χ0n) is 9.03. The third-order valence-corrected chi connectivity index (χ3v) is 3.27. The Balaban J connectivity index is 1.98. The Hall–Kier alpha value is -0.770.